The highest BCUT2D eigenvalue weighted by Crippen LogP contribution is 1.86. The standard InChI is InChI=1S/C5H10N2O3/c1-10-5(9)3(6)2-4(7)8/h3H,2,6H2,1H3,(H2,7,8)/p+1/t3-/m1/s1. The molecule has 0 fully saturated rings. The van der Waals surface area contributed by atoms with E-state index in [4.69, 9.17) is 5.73 Å². The highest BCUT2D eigenvalue weighted by Gasteiger charge is 2.19. The van der Waals surface area contributed by atoms with Gasteiger partial charge in [0.05, 0.1) is 13.5 Å². The van der Waals surface area contributed by atoms with Crippen LogP contribution in [0.3, 0.4) is 0 Å². The van der Waals surface area contributed by atoms with Gasteiger partial charge in [-0.3, -0.25) is 4.79 Å². The van der Waals surface area contributed by atoms with Gasteiger partial charge in [0.25, 0.3) is 0 Å². The number of amides is 1. The largest absolute Gasteiger partial charge is 0.465 e. The van der Waals surface area contributed by atoms with Crippen molar-refractivity contribution in [1.29, 1.82) is 0 Å². The third-order valence-corrected chi connectivity index (χ3v) is 0.982. The molecule has 0 saturated carbocycles. The lowest BCUT2D eigenvalue weighted by molar-refractivity contribution is -0.406. The lowest BCUT2D eigenvalue weighted by atomic mass is 10.2. The van der Waals surface area contributed by atoms with Crippen LogP contribution in [-0.4, -0.2) is 25.0 Å². The van der Waals surface area contributed by atoms with Crippen LogP contribution in [0, 0.1) is 0 Å². The summed E-state index contributed by atoms with van der Waals surface area (Å²) in [5, 5.41) is 0. The van der Waals surface area contributed by atoms with Crippen LogP contribution in [0.15, 0.2) is 0 Å². The maximum absolute atomic E-state index is 10.6. The van der Waals surface area contributed by atoms with E-state index >= 15 is 0 Å². The number of hydrogen-bond donors (Lipinski definition) is 2. The van der Waals surface area contributed by atoms with Crippen LogP contribution >= 0.6 is 0 Å². The number of nitrogens with two attached hydrogens (primary N) is 1. The smallest absolute Gasteiger partial charge is 0.365 e. The highest BCUT2D eigenvalue weighted by molar-refractivity contribution is 5.82. The van der Waals surface area contributed by atoms with Crippen molar-refractivity contribution < 1.29 is 20.1 Å². The van der Waals surface area contributed by atoms with E-state index in [1.54, 1.807) is 0 Å². The summed E-state index contributed by atoms with van der Waals surface area (Å²) in [6, 6.07) is -0.678. The fraction of sp³-hybridized carbons (Fsp3) is 0.600. The van der Waals surface area contributed by atoms with Crippen molar-refractivity contribution in [3.8, 4) is 0 Å². The van der Waals surface area contributed by atoms with Gasteiger partial charge < -0.3 is 16.2 Å². The molecular formula is C5H11N2O3+. The van der Waals surface area contributed by atoms with Crippen molar-refractivity contribution in [3.63, 3.8) is 0 Å². The van der Waals surface area contributed by atoms with E-state index in [1.807, 2.05) is 0 Å². The number of carbonyl (C=O) groups is 2. The molecule has 0 unspecified atom stereocenters. The summed E-state index contributed by atoms with van der Waals surface area (Å²) in [5.74, 6) is -1.07. The molecule has 0 rings (SSSR count). The molecule has 5 heteroatoms. The lowest BCUT2D eigenvalue weighted by Crippen LogP contribution is -2.66. The van der Waals surface area contributed by atoms with Crippen molar-refractivity contribution in [2.45, 2.75) is 12.5 Å². The molecule has 0 bridgehead atoms. The van der Waals surface area contributed by atoms with Crippen molar-refractivity contribution in [3.05, 3.63) is 0 Å². The molecule has 5 N–H and O–H groups in total. The van der Waals surface area contributed by atoms with E-state index in [9.17, 15) is 9.59 Å². The Hall–Kier alpha value is -1.10. The molecule has 0 aliphatic heterocycles. The van der Waals surface area contributed by atoms with Gasteiger partial charge in [0.2, 0.25) is 5.91 Å². The fourth-order valence-corrected chi connectivity index (χ4v) is 0.493. The molecule has 0 aromatic rings. The second kappa shape index (κ2) is 3.84. The normalized spacial score (nSPS) is 12.2. The predicted molar refractivity (Wildman–Crippen MR) is 32.5 cm³/mol. The van der Waals surface area contributed by atoms with Crippen LogP contribution in [0.1, 0.15) is 6.42 Å². The zero-order valence-corrected chi connectivity index (χ0v) is 5.79. The molecule has 0 aliphatic carbocycles. The van der Waals surface area contributed by atoms with Gasteiger partial charge in [0, 0.05) is 0 Å². The molecule has 0 aromatic heterocycles. The molecule has 10 heavy (non-hydrogen) atoms. The van der Waals surface area contributed by atoms with Crippen LogP contribution in [0.4, 0.5) is 0 Å². The molecule has 0 aromatic carbocycles. The van der Waals surface area contributed by atoms with Gasteiger partial charge in [0.15, 0.2) is 6.04 Å². The van der Waals surface area contributed by atoms with E-state index in [0.29, 0.717) is 0 Å². The summed E-state index contributed by atoms with van der Waals surface area (Å²) in [5.41, 5.74) is 8.17. The Labute approximate surface area is 58.3 Å². The predicted octanol–water partition coefficient (Wildman–Crippen LogP) is -2.35. The average molecular weight is 147 g/mol. The van der Waals surface area contributed by atoms with E-state index < -0.39 is 17.9 Å². The summed E-state index contributed by atoms with van der Waals surface area (Å²) in [6.07, 6.45) is -0.0628. The Kier molecular flexibility index (Phi) is 3.42. The van der Waals surface area contributed by atoms with Gasteiger partial charge in [-0.1, -0.05) is 0 Å². The van der Waals surface area contributed by atoms with E-state index in [0.717, 1.165) is 0 Å². The molecular weight excluding hydrogens is 136 g/mol. The number of ether oxygens (including phenoxy) is 1. The van der Waals surface area contributed by atoms with Crippen molar-refractivity contribution >= 4 is 11.9 Å². The molecule has 0 spiro atoms. The minimum Gasteiger partial charge on any atom is -0.465 e. The minimum absolute atomic E-state index is 0.0628. The van der Waals surface area contributed by atoms with Crippen LogP contribution in [-0.2, 0) is 14.3 Å². The van der Waals surface area contributed by atoms with Crippen LogP contribution < -0.4 is 11.5 Å². The van der Waals surface area contributed by atoms with E-state index in [2.05, 4.69) is 10.5 Å². The number of carbonyl (C=O) groups excluding carboxylic acids is 2. The fourth-order valence-electron chi connectivity index (χ4n) is 0.493. The Morgan fingerprint density at radius 2 is 2.20 bits per heavy atom. The molecule has 0 aliphatic rings. The highest BCUT2D eigenvalue weighted by atomic mass is 16.5. The topological polar surface area (TPSA) is 97.0 Å². The number of esters is 1. The Morgan fingerprint density at radius 3 is 2.50 bits per heavy atom. The monoisotopic (exact) mass is 147 g/mol. The zero-order chi connectivity index (χ0) is 8.15. The first-order valence-corrected chi connectivity index (χ1v) is 2.77. The molecule has 0 saturated heterocycles. The second-order valence-corrected chi connectivity index (χ2v) is 1.89. The van der Waals surface area contributed by atoms with E-state index in [1.165, 1.54) is 7.11 Å². The number of primary amides is 1. The summed E-state index contributed by atoms with van der Waals surface area (Å²) in [7, 11) is 1.24. The van der Waals surface area contributed by atoms with Gasteiger partial charge in [-0.05, 0) is 0 Å². The minimum atomic E-state index is -0.678. The molecule has 5 nitrogen and oxygen atoms in total. The molecule has 58 valence electrons. The Balaban J connectivity index is 3.72. The SMILES string of the molecule is COC(=O)[C@H]([NH3+])CC(N)=O. The van der Waals surface area contributed by atoms with Crippen molar-refractivity contribution in [2.24, 2.45) is 5.73 Å². The summed E-state index contributed by atoms with van der Waals surface area (Å²) in [6.45, 7) is 0. The number of quaternary nitrogens is 1. The van der Waals surface area contributed by atoms with Gasteiger partial charge in [-0.25, -0.2) is 4.79 Å². The maximum atomic E-state index is 10.6. The maximum Gasteiger partial charge on any atom is 0.365 e. The second-order valence-electron chi connectivity index (χ2n) is 1.89. The van der Waals surface area contributed by atoms with Gasteiger partial charge >= 0.3 is 5.97 Å². The Morgan fingerprint density at radius 1 is 1.70 bits per heavy atom. The number of hydrogen-bond acceptors (Lipinski definition) is 3. The van der Waals surface area contributed by atoms with Crippen LogP contribution in [0.2, 0.25) is 0 Å². The summed E-state index contributed by atoms with van der Waals surface area (Å²) >= 11 is 0. The third-order valence-electron chi connectivity index (χ3n) is 0.982. The van der Waals surface area contributed by atoms with Crippen molar-refractivity contribution in [2.75, 3.05) is 7.11 Å². The quantitative estimate of drug-likeness (QED) is 0.437. The molecule has 1 atom stereocenters. The molecule has 0 radical (unpaired) electrons. The molecule has 1 amide bonds. The number of rotatable bonds is 3. The lowest BCUT2D eigenvalue weighted by Gasteiger charge is -2.01. The van der Waals surface area contributed by atoms with Crippen LogP contribution in [0.25, 0.3) is 0 Å². The third kappa shape index (κ3) is 3.03. The zero-order valence-electron chi connectivity index (χ0n) is 5.79. The van der Waals surface area contributed by atoms with Gasteiger partial charge in [-0.15, -0.1) is 0 Å². The summed E-state index contributed by atoms with van der Waals surface area (Å²) in [4.78, 5) is 20.8. The van der Waals surface area contributed by atoms with Crippen molar-refractivity contribution in [1.82, 2.24) is 0 Å². The first kappa shape index (κ1) is 8.90. The van der Waals surface area contributed by atoms with E-state index in [-0.39, 0.29) is 6.42 Å². The Bertz CT molecular complexity index is 146. The summed E-state index contributed by atoms with van der Waals surface area (Å²) < 4.78 is 4.30. The van der Waals surface area contributed by atoms with Gasteiger partial charge in [-0.2, -0.15) is 0 Å². The van der Waals surface area contributed by atoms with Gasteiger partial charge in [0.1, 0.15) is 0 Å². The first-order valence-electron chi connectivity index (χ1n) is 2.77. The number of methoxy groups -OCH3 is 1. The van der Waals surface area contributed by atoms with Crippen LogP contribution in [0.5, 0.6) is 0 Å². The average Bonchev–Trinajstić information content (AvgIpc) is 1.85. The molecule has 0 heterocycles. The first-order chi connectivity index (χ1) is 4.57.